The molecule has 3 aromatic rings. The molecule has 2 aromatic carbocycles. The van der Waals surface area contributed by atoms with E-state index >= 15 is 0 Å². The van der Waals surface area contributed by atoms with E-state index in [1.165, 1.54) is 0 Å². The standard InChI is InChI=1S/C18H13N5/c19-10-15-16(11-20)18(22)23(14-7-2-1-3-8-14)17(15)12-5-4-6-13(21)9-12/h1-9H,21-22H2. The third-order valence-corrected chi connectivity index (χ3v) is 3.61. The highest BCUT2D eigenvalue weighted by Gasteiger charge is 2.23. The lowest BCUT2D eigenvalue weighted by atomic mass is 10.1. The molecule has 5 heteroatoms. The van der Waals surface area contributed by atoms with E-state index in [4.69, 9.17) is 11.5 Å². The van der Waals surface area contributed by atoms with E-state index in [-0.39, 0.29) is 16.9 Å². The van der Waals surface area contributed by atoms with Crippen LogP contribution in [0, 0.1) is 22.7 Å². The zero-order valence-corrected chi connectivity index (χ0v) is 12.2. The molecule has 0 aliphatic heterocycles. The van der Waals surface area contributed by atoms with Crippen LogP contribution in [-0.4, -0.2) is 4.57 Å². The molecule has 0 unspecified atom stereocenters. The van der Waals surface area contributed by atoms with Crippen molar-refractivity contribution < 1.29 is 0 Å². The van der Waals surface area contributed by atoms with Crippen molar-refractivity contribution in [3.63, 3.8) is 0 Å². The Morgan fingerprint density at radius 3 is 2.13 bits per heavy atom. The molecule has 0 aliphatic rings. The van der Waals surface area contributed by atoms with Gasteiger partial charge in [-0.3, -0.25) is 4.57 Å². The van der Waals surface area contributed by atoms with Crippen LogP contribution >= 0.6 is 0 Å². The highest BCUT2D eigenvalue weighted by atomic mass is 15.1. The van der Waals surface area contributed by atoms with Crippen LogP contribution in [0.2, 0.25) is 0 Å². The maximum Gasteiger partial charge on any atom is 0.128 e. The number of nitriles is 2. The molecule has 5 nitrogen and oxygen atoms in total. The molecule has 0 radical (unpaired) electrons. The van der Waals surface area contributed by atoms with Crippen molar-refractivity contribution in [3.8, 4) is 29.1 Å². The van der Waals surface area contributed by atoms with Gasteiger partial charge >= 0.3 is 0 Å². The second-order valence-corrected chi connectivity index (χ2v) is 5.00. The maximum absolute atomic E-state index is 9.54. The van der Waals surface area contributed by atoms with E-state index < -0.39 is 0 Å². The number of aromatic nitrogens is 1. The SMILES string of the molecule is N#Cc1c(C#N)c(-c2cccc(N)c2)n(-c2ccccc2)c1N. The second kappa shape index (κ2) is 5.59. The molecule has 110 valence electrons. The molecule has 0 amide bonds. The molecule has 0 spiro atoms. The van der Waals surface area contributed by atoms with Gasteiger partial charge in [-0.05, 0) is 24.3 Å². The Labute approximate surface area is 133 Å². The van der Waals surface area contributed by atoms with Crippen molar-refractivity contribution in [2.45, 2.75) is 0 Å². The van der Waals surface area contributed by atoms with Gasteiger partial charge in [0, 0.05) is 16.9 Å². The fourth-order valence-corrected chi connectivity index (χ4v) is 2.62. The monoisotopic (exact) mass is 299 g/mol. The lowest BCUT2D eigenvalue weighted by Gasteiger charge is -2.12. The average Bonchev–Trinajstić information content (AvgIpc) is 2.87. The summed E-state index contributed by atoms with van der Waals surface area (Å²) in [5, 5.41) is 18.9. The van der Waals surface area contributed by atoms with Crippen LogP contribution in [-0.2, 0) is 0 Å². The number of hydrogen-bond acceptors (Lipinski definition) is 4. The fraction of sp³-hybridized carbons (Fsp3) is 0. The minimum atomic E-state index is 0.175. The summed E-state index contributed by atoms with van der Waals surface area (Å²) in [6, 6.07) is 20.7. The number of rotatable bonds is 2. The summed E-state index contributed by atoms with van der Waals surface area (Å²) >= 11 is 0. The van der Waals surface area contributed by atoms with Crippen molar-refractivity contribution in [2.24, 2.45) is 0 Å². The van der Waals surface area contributed by atoms with Gasteiger partial charge in [0.25, 0.3) is 0 Å². The van der Waals surface area contributed by atoms with Crippen molar-refractivity contribution in [1.82, 2.24) is 4.57 Å². The first-order valence-corrected chi connectivity index (χ1v) is 6.93. The molecule has 23 heavy (non-hydrogen) atoms. The van der Waals surface area contributed by atoms with Crippen LogP contribution in [0.1, 0.15) is 11.1 Å². The minimum absolute atomic E-state index is 0.175. The Kier molecular flexibility index (Phi) is 3.46. The zero-order valence-electron chi connectivity index (χ0n) is 12.2. The molecule has 0 saturated heterocycles. The van der Waals surface area contributed by atoms with Gasteiger partial charge < -0.3 is 11.5 Å². The summed E-state index contributed by atoms with van der Waals surface area (Å²) in [6.45, 7) is 0. The topological polar surface area (TPSA) is 105 Å². The maximum atomic E-state index is 9.54. The molecule has 0 saturated carbocycles. The van der Waals surface area contributed by atoms with Crippen LogP contribution in [0.25, 0.3) is 16.9 Å². The van der Waals surface area contributed by atoms with Crippen molar-refractivity contribution in [3.05, 3.63) is 65.7 Å². The average molecular weight is 299 g/mol. The molecule has 0 bridgehead atoms. The predicted octanol–water partition coefficient (Wildman–Crippen LogP) is 3.05. The predicted molar refractivity (Wildman–Crippen MR) is 89.5 cm³/mol. The summed E-state index contributed by atoms with van der Waals surface area (Å²) in [7, 11) is 0. The van der Waals surface area contributed by atoms with Gasteiger partial charge in [0.1, 0.15) is 23.5 Å². The molecule has 0 aliphatic carbocycles. The highest BCUT2D eigenvalue weighted by Crippen LogP contribution is 2.36. The van der Waals surface area contributed by atoms with Crippen molar-refractivity contribution >= 4 is 11.5 Å². The number of nitrogens with two attached hydrogens (primary N) is 2. The van der Waals surface area contributed by atoms with E-state index in [0.717, 1.165) is 11.3 Å². The van der Waals surface area contributed by atoms with Gasteiger partial charge in [-0.25, -0.2) is 0 Å². The van der Waals surface area contributed by atoms with Gasteiger partial charge in [-0.15, -0.1) is 0 Å². The lowest BCUT2D eigenvalue weighted by molar-refractivity contribution is 1.10. The molecule has 0 atom stereocenters. The third kappa shape index (κ3) is 2.27. The smallest absolute Gasteiger partial charge is 0.128 e. The van der Waals surface area contributed by atoms with Crippen LogP contribution in [0.4, 0.5) is 11.5 Å². The molecule has 1 aromatic heterocycles. The van der Waals surface area contributed by atoms with Crippen LogP contribution in [0.15, 0.2) is 54.6 Å². The number of nitrogens with zero attached hydrogens (tertiary/aromatic N) is 3. The molecular formula is C18H13N5. The Morgan fingerprint density at radius 1 is 0.826 bits per heavy atom. The molecular weight excluding hydrogens is 286 g/mol. The van der Waals surface area contributed by atoms with Gasteiger partial charge in [-0.1, -0.05) is 30.3 Å². The number of nitrogen functional groups attached to an aromatic ring is 2. The molecule has 3 rings (SSSR count). The Balaban J connectivity index is 2.43. The summed E-state index contributed by atoms with van der Waals surface area (Å²) in [5.41, 5.74) is 15.1. The summed E-state index contributed by atoms with van der Waals surface area (Å²) < 4.78 is 1.71. The molecule has 1 heterocycles. The van der Waals surface area contributed by atoms with E-state index in [1.54, 1.807) is 22.8 Å². The van der Waals surface area contributed by atoms with Gasteiger partial charge in [0.05, 0.1) is 11.3 Å². The van der Waals surface area contributed by atoms with E-state index in [0.29, 0.717) is 11.4 Å². The van der Waals surface area contributed by atoms with Crippen molar-refractivity contribution in [1.29, 1.82) is 10.5 Å². The normalized spacial score (nSPS) is 10.0. The number of para-hydroxylation sites is 1. The second-order valence-electron chi connectivity index (χ2n) is 5.00. The van der Waals surface area contributed by atoms with Gasteiger partial charge in [0.2, 0.25) is 0 Å². The van der Waals surface area contributed by atoms with E-state index in [1.807, 2.05) is 42.5 Å². The third-order valence-electron chi connectivity index (χ3n) is 3.61. The Bertz CT molecular complexity index is 956. The molecule has 0 fully saturated rings. The van der Waals surface area contributed by atoms with Crippen LogP contribution in [0.3, 0.4) is 0 Å². The highest BCUT2D eigenvalue weighted by molar-refractivity contribution is 5.81. The number of benzene rings is 2. The van der Waals surface area contributed by atoms with Crippen molar-refractivity contribution in [2.75, 3.05) is 11.5 Å². The lowest BCUT2D eigenvalue weighted by Crippen LogP contribution is -2.02. The fourth-order valence-electron chi connectivity index (χ4n) is 2.62. The Morgan fingerprint density at radius 2 is 1.52 bits per heavy atom. The first-order chi connectivity index (χ1) is 11.2. The largest absolute Gasteiger partial charge is 0.399 e. The zero-order chi connectivity index (χ0) is 16.4. The quantitative estimate of drug-likeness (QED) is 0.709. The first kappa shape index (κ1) is 14.2. The van der Waals surface area contributed by atoms with E-state index in [9.17, 15) is 10.5 Å². The summed E-state index contributed by atoms with van der Waals surface area (Å²) in [6.07, 6.45) is 0. The van der Waals surface area contributed by atoms with Gasteiger partial charge in [-0.2, -0.15) is 10.5 Å². The summed E-state index contributed by atoms with van der Waals surface area (Å²) in [5.74, 6) is 0.243. The van der Waals surface area contributed by atoms with E-state index in [2.05, 4.69) is 6.07 Å². The molecule has 4 N–H and O–H groups in total. The first-order valence-electron chi connectivity index (χ1n) is 6.93. The summed E-state index contributed by atoms with van der Waals surface area (Å²) in [4.78, 5) is 0. The van der Waals surface area contributed by atoms with Gasteiger partial charge in [0.15, 0.2) is 0 Å². The Hall–Kier alpha value is -3.70. The minimum Gasteiger partial charge on any atom is -0.399 e. The van der Waals surface area contributed by atoms with Crippen LogP contribution in [0.5, 0.6) is 0 Å². The number of hydrogen-bond donors (Lipinski definition) is 2. The van der Waals surface area contributed by atoms with Crippen LogP contribution < -0.4 is 11.5 Å². The number of anilines is 2.